The van der Waals surface area contributed by atoms with Crippen molar-refractivity contribution in [2.75, 3.05) is 11.9 Å². The van der Waals surface area contributed by atoms with E-state index in [1.165, 1.54) is 6.07 Å². The number of hydrogen-bond acceptors (Lipinski definition) is 2. The summed E-state index contributed by atoms with van der Waals surface area (Å²) in [6, 6.07) is 11.2. The monoisotopic (exact) mass is 326 g/mol. The normalized spacial score (nSPS) is 10.4. The molecule has 0 aliphatic heterocycles. The topological polar surface area (TPSA) is 41.1 Å². The molecule has 110 valence electrons. The molecule has 0 unspecified atom stereocenters. The number of rotatable bonds is 5. The van der Waals surface area contributed by atoms with Crippen molar-refractivity contribution in [3.63, 3.8) is 0 Å². The number of carbonyl (C=O) groups is 1. The highest BCUT2D eigenvalue weighted by atomic mass is 35.5. The van der Waals surface area contributed by atoms with Gasteiger partial charge in [0.05, 0.1) is 6.54 Å². The Morgan fingerprint density at radius 1 is 1.10 bits per heavy atom. The molecule has 0 spiro atoms. The molecule has 0 atom stereocenters. The fourth-order valence-corrected chi connectivity index (χ4v) is 2.31. The van der Waals surface area contributed by atoms with Gasteiger partial charge in [-0.3, -0.25) is 4.79 Å². The van der Waals surface area contributed by atoms with Gasteiger partial charge < -0.3 is 10.6 Å². The average molecular weight is 327 g/mol. The Morgan fingerprint density at radius 2 is 1.76 bits per heavy atom. The van der Waals surface area contributed by atoms with Crippen molar-refractivity contribution in [1.29, 1.82) is 0 Å². The van der Waals surface area contributed by atoms with Crippen LogP contribution in [0.2, 0.25) is 10.0 Å². The highest BCUT2D eigenvalue weighted by molar-refractivity contribution is 6.35. The van der Waals surface area contributed by atoms with Gasteiger partial charge in [-0.25, -0.2) is 4.39 Å². The van der Waals surface area contributed by atoms with E-state index in [4.69, 9.17) is 23.2 Å². The van der Waals surface area contributed by atoms with E-state index < -0.39 is 0 Å². The van der Waals surface area contributed by atoms with Gasteiger partial charge in [-0.1, -0.05) is 41.4 Å². The molecule has 0 aliphatic carbocycles. The minimum absolute atomic E-state index is 0.0540. The summed E-state index contributed by atoms with van der Waals surface area (Å²) >= 11 is 11.7. The number of amides is 1. The Labute approximate surface area is 132 Å². The molecular weight excluding hydrogens is 314 g/mol. The van der Waals surface area contributed by atoms with Gasteiger partial charge in [0, 0.05) is 27.8 Å². The maximum Gasteiger partial charge on any atom is 0.238 e. The quantitative estimate of drug-likeness (QED) is 0.875. The van der Waals surface area contributed by atoms with E-state index in [9.17, 15) is 9.18 Å². The van der Waals surface area contributed by atoms with Crippen molar-refractivity contribution in [2.45, 2.75) is 6.54 Å². The van der Waals surface area contributed by atoms with Crippen LogP contribution >= 0.6 is 23.2 Å². The second kappa shape index (κ2) is 7.41. The molecule has 2 N–H and O–H groups in total. The SMILES string of the molecule is O=C(CNCc1ccccc1F)Nc1cc(Cl)cc(Cl)c1. The molecule has 0 aromatic heterocycles. The molecule has 2 aromatic rings. The summed E-state index contributed by atoms with van der Waals surface area (Å²) in [7, 11) is 0. The Bertz CT molecular complexity index is 629. The first kappa shape index (κ1) is 15.8. The summed E-state index contributed by atoms with van der Waals surface area (Å²) in [6.07, 6.45) is 0. The Kier molecular flexibility index (Phi) is 5.56. The number of nitrogens with one attached hydrogen (secondary N) is 2. The van der Waals surface area contributed by atoms with Crippen LogP contribution in [0.25, 0.3) is 0 Å². The summed E-state index contributed by atoms with van der Waals surface area (Å²) in [5.41, 5.74) is 1.03. The van der Waals surface area contributed by atoms with E-state index in [1.807, 2.05) is 0 Å². The molecule has 0 radical (unpaired) electrons. The van der Waals surface area contributed by atoms with Crippen LogP contribution in [-0.2, 0) is 11.3 Å². The number of anilines is 1. The fraction of sp³-hybridized carbons (Fsp3) is 0.133. The van der Waals surface area contributed by atoms with Crippen molar-refractivity contribution in [1.82, 2.24) is 5.32 Å². The summed E-state index contributed by atoms with van der Waals surface area (Å²) < 4.78 is 13.4. The summed E-state index contributed by atoms with van der Waals surface area (Å²) in [5.74, 6) is -0.559. The zero-order chi connectivity index (χ0) is 15.2. The zero-order valence-electron chi connectivity index (χ0n) is 11.0. The highest BCUT2D eigenvalue weighted by Gasteiger charge is 2.05. The molecule has 0 aliphatic rings. The second-order valence-electron chi connectivity index (χ2n) is 4.40. The van der Waals surface area contributed by atoms with Crippen LogP contribution in [0, 0.1) is 5.82 Å². The highest BCUT2D eigenvalue weighted by Crippen LogP contribution is 2.22. The van der Waals surface area contributed by atoms with Crippen LogP contribution in [0.3, 0.4) is 0 Å². The lowest BCUT2D eigenvalue weighted by Gasteiger charge is -2.08. The predicted octanol–water partition coefficient (Wildman–Crippen LogP) is 3.86. The molecule has 0 heterocycles. The number of carbonyl (C=O) groups excluding carboxylic acids is 1. The van der Waals surface area contributed by atoms with E-state index >= 15 is 0 Å². The van der Waals surface area contributed by atoms with Crippen LogP contribution in [0.4, 0.5) is 10.1 Å². The fourth-order valence-electron chi connectivity index (χ4n) is 1.78. The van der Waals surface area contributed by atoms with Crippen LogP contribution in [0.5, 0.6) is 0 Å². The lowest BCUT2D eigenvalue weighted by molar-refractivity contribution is -0.115. The summed E-state index contributed by atoms with van der Waals surface area (Å²) in [4.78, 5) is 11.8. The largest absolute Gasteiger partial charge is 0.325 e. The first-order valence-electron chi connectivity index (χ1n) is 6.24. The molecule has 0 saturated heterocycles. The average Bonchev–Trinajstić information content (AvgIpc) is 2.39. The van der Waals surface area contributed by atoms with Gasteiger partial charge in [0.2, 0.25) is 5.91 Å². The third-order valence-corrected chi connectivity index (χ3v) is 3.14. The third kappa shape index (κ3) is 5.01. The first-order chi connectivity index (χ1) is 10.0. The van der Waals surface area contributed by atoms with E-state index in [2.05, 4.69) is 10.6 Å². The Morgan fingerprint density at radius 3 is 2.43 bits per heavy atom. The molecule has 6 heteroatoms. The van der Waals surface area contributed by atoms with Crippen LogP contribution in [-0.4, -0.2) is 12.5 Å². The molecule has 21 heavy (non-hydrogen) atoms. The van der Waals surface area contributed by atoms with E-state index in [1.54, 1.807) is 36.4 Å². The molecular formula is C15H13Cl2FN2O. The zero-order valence-corrected chi connectivity index (χ0v) is 12.5. The molecule has 1 amide bonds. The van der Waals surface area contributed by atoms with E-state index in [-0.39, 0.29) is 24.8 Å². The first-order valence-corrected chi connectivity index (χ1v) is 7.00. The molecule has 0 bridgehead atoms. The Hall–Kier alpha value is -1.62. The van der Waals surface area contributed by atoms with E-state index in [0.29, 0.717) is 21.3 Å². The van der Waals surface area contributed by atoms with Crippen molar-refractivity contribution in [3.8, 4) is 0 Å². The smallest absolute Gasteiger partial charge is 0.238 e. The maximum absolute atomic E-state index is 13.4. The molecule has 0 saturated carbocycles. The molecule has 2 rings (SSSR count). The van der Waals surface area contributed by atoms with Gasteiger partial charge in [-0.15, -0.1) is 0 Å². The standard InChI is InChI=1S/C15H13Cl2FN2O/c16-11-5-12(17)7-13(6-11)20-15(21)9-19-8-10-3-1-2-4-14(10)18/h1-7,19H,8-9H2,(H,20,21). The van der Waals surface area contributed by atoms with Gasteiger partial charge in [-0.05, 0) is 24.3 Å². The second-order valence-corrected chi connectivity index (χ2v) is 5.27. The van der Waals surface area contributed by atoms with Gasteiger partial charge in [-0.2, -0.15) is 0 Å². The van der Waals surface area contributed by atoms with Gasteiger partial charge in [0.1, 0.15) is 5.82 Å². The lowest BCUT2D eigenvalue weighted by Crippen LogP contribution is -2.28. The van der Waals surface area contributed by atoms with Crippen molar-refractivity contribution in [3.05, 3.63) is 63.9 Å². The minimum Gasteiger partial charge on any atom is -0.325 e. The van der Waals surface area contributed by atoms with Gasteiger partial charge in [0.15, 0.2) is 0 Å². The van der Waals surface area contributed by atoms with Gasteiger partial charge in [0.25, 0.3) is 0 Å². The Balaban J connectivity index is 1.84. The molecule has 0 fully saturated rings. The number of halogens is 3. The van der Waals surface area contributed by atoms with Crippen LogP contribution in [0.15, 0.2) is 42.5 Å². The molecule has 3 nitrogen and oxygen atoms in total. The van der Waals surface area contributed by atoms with Crippen molar-refractivity contribution >= 4 is 34.8 Å². The predicted molar refractivity (Wildman–Crippen MR) is 83.2 cm³/mol. The third-order valence-electron chi connectivity index (χ3n) is 2.71. The molecule has 2 aromatic carbocycles. The maximum atomic E-state index is 13.4. The lowest BCUT2D eigenvalue weighted by atomic mass is 10.2. The summed E-state index contributed by atoms with van der Waals surface area (Å²) in [5, 5.41) is 6.42. The number of benzene rings is 2. The van der Waals surface area contributed by atoms with Gasteiger partial charge >= 0.3 is 0 Å². The van der Waals surface area contributed by atoms with Crippen LogP contribution < -0.4 is 10.6 Å². The number of hydrogen-bond donors (Lipinski definition) is 2. The van der Waals surface area contributed by atoms with E-state index in [0.717, 1.165) is 0 Å². The summed E-state index contributed by atoms with van der Waals surface area (Å²) in [6.45, 7) is 0.328. The van der Waals surface area contributed by atoms with Crippen LogP contribution in [0.1, 0.15) is 5.56 Å². The van der Waals surface area contributed by atoms with Crippen molar-refractivity contribution in [2.24, 2.45) is 0 Å². The van der Waals surface area contributed by atoms with Crippen molar-refractivity contribution < 1.29 is 9.18 Å². The minimum atomic E-state index is -0.299.